The van der Waals surface area contributed by atoms with Crippen LogP contribution in [-0.2, 0) is 27.1 Å². The highest BCUT2D eigenvalue weighted by Crippen LogP contribution is 2.38. The molecule has 0 spiro atoms. The standard InChI is InChI=1S/C29H31Cl2FN2O4S/c1-33(19-22-5-3-2-4-6-22)28(35)18-29(21-38-25-10-8-24(32)9-11-25)13-15-34(16-14-29)39(36,37)20-23-7-12-26(30)27(31)17-23/h2-12,17H,13-16,18-21H2,1H3. The highest BCUT2D eigenvalue weighted by atomic mass is 35.5. The van der Waals surface area contributed by atoms with Crippen LogP contribution in [0.5, 0.6) is 5.75 Å². The molecule has 10 heteroatoms. The number of hydrogen-bond donors (Lipinski definition) is 0. The molecule has 1 heterocycles. The van der Waals surface area contributed by atoms with Gasteiger partial charge in [0.15, 0.2) is 0 Å². The van der Waals surface area contributed by atoms with Crippen molar-refractivity contribution in [3.05, 3.63) is 99.8 Å². The van der Waals surface area contributed by atoms with Gasteiger partial charge in [0.25, 0.3) is 0 Å². The first kappa shape index (κ1) is 29.3. The fourth-order valence-electron chi connectivity index (χ4n) is 4.71. The number of carbonyl (C=O) groups excluding carboxylic acids is 1. The van der Waals surface area contributed by atoms with Crippen LogP contribution in [-0.4, -0.2) is 50.3 Å². The van der Waals surface area contributed by atoms with Gasteiger partial charge in [0.1, 0.15) is 11.6 Å². The van der Waals surface area contributed by atoms with E-state index in [9.17, 15) is 17.6 Å². The average Bonchev–Trinajstić information content (AvgIpc) is 2.91. The van der Waals surface area contributed by atoms with Gasteiger partial charge in [0.2, 0.25) is 15.9 Å². The van der Waals surface area contributed by atoms with Crippen LogP contribution in [0.25, 0.3) is 0 Å². The van der Waals surface area contributed by atoms with E-state index < -0.39 is 15.4 Å². The Morgan fingerprint density at radius 2 is 1.64 bits per heavy atom. The van der Waals surface area contributed by atoms with Gasteiger partial charge in [-0.2, -0.15) is 0 Å². The van der Waals surface area contributed by atoms with Gasteiger partial charge in [-0.05, 0) is 60.4 Å². The number of hydrogen-bond acceptors (Lipinski definition) is 4. The molecule has 39 heavy (non-hydrogen) atoms. The molecule has 0 N–H and O–H groups in total. The van der Waals surface area contributed by atoms with Gasteiger partial charge in [-0.1, -0.05) is 59.6 Å². The van der Waals surface area contributed by atoms with Gasteiger partial charge >= 0.3 is 0 Å². The van der Waals surface area contributed by atoms with E-state index in [1.54, 1.807) is 42.3 Å². The second-order valence-electron chi connectivity index (χ2n) is 10.1. The Balaban J connectivity index is 1.46. The van der Waals surface area contributed by atoms with Crippen LogP contribution in [0, 0.1) is 11.2 Å². The number of sulfonamides is 1. The van der Waals surface area contributed by atoms with E-state index in [4.69, 9.17) is 27.9 Å². The molecule has 0 atom stereocenters. The van der Waals surface area contributed by atoms with Crippen molar-refractivity contribution >= 4 is 39.1 Å². The maximum atomic E-state index is 13.4. The summed E-state index contributed by atoms with van der Waals surface area (Å²) in [6.07, 6.45) is 1.09. The van der Waals surface area contributed by atoms with Crippen LogP contribution >= 0.6 is 23.2 Å². The third-order valence-corrected chi connectivity index (χ3v) is 9.67. The Hall–Kier alpha value is -2.65. The Morgan fingerprint density at radius 3 is 2.28 bits per heavy atom. The van der Waals surface area contributed by atoms with Crippen molar-refractivity contribution in [2.45, 2.75) is 31.6 Å². The second-order valence-corrected chi connectivity index (χ2v) is 12.8. The van der Waals surface area contributed by atoms with Gasteiger partial charge in [0, 0.05) is 38.5 Å². The molecular weight excluding hydrogens is 562 g/mol. The van der Waals surface area contributed by atoms with Crippen molar-refractivity contribution in [2.75, 3.05) is 26.7 Å². The van der Waals surface area contributed by atoms with E-state index in [-0.39, 0.29) is 43.6 Å². The normalized spacial score (nSPS) is 15.6. The molecule has 1 amide bonds. The Labute approximate surface area is 239 Å². The van der Waals surface area contributed by atoms with Crippen LogP contribution in [0.1, 0.15) is 30.4 Å². The lowest BCUT2D eigenvalue weighted by Crippen LogP contribution is -2.47. The SMILES string of the molecule is CN(Cc1ccccc1)C(=O)CC1(COc2ccc(F)cc2)CCN(S(=O)(=O)Cc2ccc(Cl)c(Cl)c2)CC1. The van der Waals surface area contributed by atoms with Crippen molar-refractivity contribution in [3.8, 4) is 5.75 Å². The van der Waals surface area contributed by atoms with E-state index >= 15 is 0 Å². The van der Waals surface area contributed by atoms with Crippen molar-refractivity contribution < 1.29 is 22.3 Å². The molecule has 0 saturated carbocycles. The molecule has 0 aromatic heterocycles. The van der Waals surface area contributed by atoms with Gasteiger partial charge in [0.05, 0.1) is 22.4 Å². The molecule has 1 aliphatic heterocycles. The fraction of sp³-hybridized carbons (Fsp3) is 0.345. The minimum Gasteiger partial charge on any atom is -0.493 e. The molecule has 6 nitrogen and oxygen atoms in total. The molecule has 0 bridgehead atoms. The molecule has 0 unspecified atom stereocenters. The molecule has 0 aliphatic carbocycles. The van der Waals surface area contributed by atoms with E-state index in [0.717, 1.165) is 5.56 Å². The van der Waals surface area contributed by atoms with Gasteiger partial charge in [-0.3, -0.25) is 4.79 Å². The molecule has 1 aliphatic rings. The summed E-state index contributed by atoms with van der Waals surface area (Å²) in [6, 6.07) is 20.2. The quantitative estimate of drug-likeness (QED) is 0.282. The number of piperidine rings is 1. The van der Waals surface area contributed by atoms with E-state index in [1.165, 1.54) is 16.4 Å². The summed E-state index contributed by atoms with van der Waals surface area (Å²) in [5.41, 5.74) is 0.998. The van der Waals surface area contributed by atoms with E-state index in [2.05, 4.69) is 0 Å². The lowest BCUT2D eigenvalue weighted by atomic mass is 9.76. The summed E-state index contributed by atoms with van der Waals surface area (Å²) in [6.45, 7) is 1.20. The predicted molar refractivity (Wildman–Crippen MR) is 152 cm³/mol. The van der Waals surface area contributed by atoms with Crippen molar-refractivity contribution in [1.82, 2.24) is 9.21 Å². The highest BCUT2D eigenvalue weighted by Gasteiger charge is 2.41. The summed E-state index contributed by atoms with van der Waals surface area (Å²) in [7, 11) is -1.86. The van der Waals surface area contributed by atoms with Crippen molar-refractivity contribution in [3.63, 3.8) is 0 Å². The first-order chi connectivity index (χ1) is 18.6. The third-order valence-electron chi connectivity index (χ3n) is 7.08. The van der Waals surface area contributed by atoms with Gasteiger partial charge < -0.3 is 9.64 Å². The predicted octanol–water partition coefficient (Wildman–Crippen LogP) is 6.17. The summed E-state index contributed by atoms with van der Waals surface area (Å²) in [5, 5.41) is 0.668. The van der Waals surface area contributed by atoms with Gasteiger partial charge in [-0.15, -0.1) is 0 Å². The molecule has 0 radical (unpaired) electrons. The summed E-state index contributed by atoms with van der Waals surface area (Å²) < 4.78 is 47.3. The molecule has 1 saturated heterocycles. The fourth-order valence-corrected chi connectivity index (χ4v) is 6.55. The van der Waals surface area contributed by atoms with Crippen LogP contribution in [0.2, 0.25) is 10.0 Å². The Morgan fingerprint density at radius 1 is 0.974 bits per heavy atom. The van der Waals surface area contributed by atoms with E-state index in [0.29, 0.717) is 40.7 Å². The molecule has 3 aromatic carbocycles. The highest BCUT2D eigenvalue weighted by molar-refractivity contribution is 7.88. The van der Waals surface area contributed by atoms with Crippen LogP contribution in [0.4, 0.5) is 4.39 Å². The third kappa shape index (κ3) is 7.94. The first-order valence-electron chi connectivity index (χ1n) is 12.6. The summed E-state index contributed by atoms with van der Waals surface area (Å²) in [4.78, 5) is 15.0. The lowest BCUT2D eigenvalue weighted by Gasteiger charge is -2.41. The smallest absolute Gasteiger partial charge is 0.223 e. The largest absolute Gasteiger partial charge is 0.493 e. The van der Waals surface area contributed by atoms with Crippen LogP contribution < -0.4 is 4.74 Å². The van der Waals surface area contributed by atoms with Crippen molar-refractivity contribution in [1.29, 1.82) is 0 Å². The zero-order valence-corrected chi connectivity index (χ0v) is 24.0. The number of halogens is 3. The van der Waals surface area contributed by atoms with E-state index in [1.807, 2.05) is 30.3 Å². The number of amides is 1. The second kappa shape index (κ2) is 12.7. The number of carbonyl (C=O) groups is 1. The van der Waals surface area contributed by atoms with Crippen LogP contribution in [0.15, 0.2) is 72.8 Å². The maximum Gasteiger partial charge on any atom is 0.223 e. The minimum absolute atomic E-state index is 0.0475. The topological polar surface area (TPSA) is 66.9 Å². The molecule has 1 fully saturated rings. The Bertz CT molecular complexity index is 1380. The zero-order valence-electron chi connectivity index (χ0n) is 21.7. The number of benzene rings is 3. The van der Waals surface area contributed by atoms with Gasteiger partial charge in [-0.25, -0.2) is 17.1 Å². The van der Waals surface area contributed by atoms with Crippen LogP contribution in [0.3, 0.4) is 0 Å². The lowest BCUT2D eigenvalue weighted by molar-refractivity contribution is -0.134. The summed E-state index contributed by atoms with van der Waals surface area (Å²) in [5.74, 6) is -0.110. The molecule has 4 rings (SSSR count). The first-order valence-corrected chi connectivity index (χ1v) is 15.0. The maximum absolute atomic E-state index is 13.4. The number of rotatable bonds is 10. The average molecular weight is 594 g/mol. The molecule has 3 aromatic rings. The Kier molecular flexibility index (Phi) is 9.54. The number of nitrogens with zero attached hydrogens (tertiary/aromatic N) is 2. The molecular formula is C29H31Cl2FN2O4S. The van der Waals surface area contributed by atoms with Crippen molar-refractivity contribution in [2.24, 2.45) is 5.41 Å². The minimum atomic E-state index is -3.62. The monoisotopic (exact) mass is 592 g/mol. The number of ether oxygens (including phenoxy) is 1. The molecule has 208 valence electrons. The zero-order chi connectivity index (χ0) is 28.0. The summed E-state index contributed by atoms with van der Waals surface area (Å²) >= 11 is 12.0.